The predicted octanol–water partition coefficient (Wildman–Crippen LogP) is 1.15. The molecule has 0 saturated heterocycles. The summed E-state index contributed by atoms with van der Waals surface area (Å²) in [7, 11) is 0. The van der Waals surface area contributed by atoms with Gasteiger partial charge in [0.1, 0.15) is 5.54 Å². The molecule has 1 fully saturated rings. The molecule has 5 nitrogen and oxygen atoms in total. The number of nitrogens with two attached hydrogens (primary N) is 1. The molecule has 1 amide bonds. The number of pyridine rings is 1. The van der Waals surface area contributed by atoms with E-state index >= 15 is 0 Å². The molecule has 0 unspecified atom stereocenters. The van der Waals surface area contributed by atoms with E-state index in [0.29, 0.717) is 18.4 Å². The van der Waals surface area contributed by atoms with Crippen LogP contribution in [0, 0.1) is 11.3 Å². The average Bonchev–Trinajstić information content (AvgIpc) is 3.19. The molecule has 1 aliphatic carbocycles. The number of rotatable bonds is 6. The van der Waals surface area contributed by atoms with Crippen molar-refractivity contribution in [3.8, 4) is 6.07 Å². The molecule has 0 bridgehead atoms. The van der Waals surface area contributed by atoms with Gasteiger partial charge < -0.3 is 11.1 Å². The highest BCUT2D eigenvalue weighted by atomic mass is 19.3. The van der Waals surface area contributed by atoms with E-state index in [1.165, 1.54) is 12.4 Å². The largest absolute Gasteiger partial charge is 0.336 e. The molecule has 21 heavy (non-hydrogen) atoms. The fourth-order valence-electron chi connectivity index (χ4n) is 2.01. The lowest BCUT2D eigenvalue weighted by Crippen LogP contribution is -2.48. The summed E-state index contributed by atoms with van der Waals surface area (Å²) < 4.78 is 27.8. The summed E-state index contributed by atoms with van der Waals surface area (Å²) in [4.78, 5) is 15.5. The standard InChI is InChI=1S/C14H16F2N4O/c15-14(16,6-10-2-1-5-19-8-10)7-11(18)12(21)20-13(9-17)3-4-13/h1-2,5,8,11H,3-4,6-7,18H2,(H,20,21)/t11-/m0/s1. The number of alkyl halides is 2. The minimum atomic E-state index is -3.11. The van der Waals surface area contributed by atoms with Gasteiger partial charge >= 0.3 is 0 Å². The van der Waals surface area contributed by atoms with Crippen molar-refractivity contribution >= 4 is 5.91 Å². The Labute approximate surface area is 121 Å². The van der Waals surface area contributed by atoms with Crippen LogP contribution < -0.4 is 11.1 Å². The number of nitrogens with zero attached hydrogens (tertiary/aromatic N) is 2. The maximum Gasteiger partial charge on any atom is 0.254 e. The fourth-order valence-corrected chi connectivity index (χ4v) is 2.01. The Morgan fingerprint density at radius 3 is 2.86 bits per heavy atom. The van der Waals surface area contributed by atoms with Crippen LogP contribution in [0.15, 0.2) is 24.5 Å². The molecule has 1 aliphatic rings. The number of carbonyl (C=O) groups excluding carboxylic acids is 1. The average molecular weight is 294 g/mol. The molecule has 1 atom stereocenters. The summed E-state index contributed by atoms with van der Waals surface area (Å²) in [6, 6.07) is 3.73. The number of aromatic nitrogens is 1. The molecule has 0 spiro atoms. The third-order valence-electron chi connectivity index (χ3n) is 3.37. The maximum atomic E-state index is 13.9. The first-order valence-electron chi connectivity index (χ1n) is 6.61. The molecule has 1 saturated carbocycles. The summed E-state index contributed by atoms with van der Waals surface area (Å²) in [5.41, 5.74) is 5.01. The van der Waals surface area contributed by atoms with Crippen LogP contribution in [0.2, 0.25) is 0 Å². The first-order valence-corrected chi connectivity index (χ1v) is 6.61. The second-order valence-corrected chi connectivity index (χ2v) is 5.39. The van der Waals surface area contributed by atoms with E-state index in [-0.39, 0.29) is 0 Å². The Kier molecular flexibility index (Phi) is 4.19. The van der Waals surface area contributed by atoms with E-state index in [4.69, 9.17) is 11.0 Å². The highest BCUT2D eigenvalue weighted by molar-refractivity contribution is 5.83. The number of amides is 1. The summed E-state index contributed by atoms with van der Waals surface area (Å²) in [6.45, 7) is 0. The first-order chi connectivity index (χ1) is 9.86. The van der Waals surface area contributed by atoms with Gasteiger partial charge in [0.25, 0.3) is 5.92 Å². The Morgan fingerprint density at radius 2 is 2.33 bits per heavy atom. The van der Waals surface area contributed by atoms with Crippen molar-refractivity contribution in [2.75, 3.05) is 0 Å². The van der Waals surface area contributed by atoms with Gasteiger partial charge in [0.05, 0.1) is 12.1 Å². The first kappa shape index (κ1) is 15.3. The van der Waals surface area contributed by atoms with E-state index in [2.05, 4.69) is 10.3 Å². The molecule has 0 radical (unpaired) electrons. The molecule has 0 aromatic carbocycles. The van der Waals surface area contributed by atoms with Gasteiger partial charge in [-0.25, -0.2) is 8.78 Å². The second kappa shape index (κ2) is 5.74. The molecule has 112 valence electrons. The quantitative estimate of drug-likeness (QED) is 0.823. The molecule has 1 aromatic rings. The Hall–Kier alpha value is -2.07. The highest BCUT2D eigenvalue weighted by Crippen LogP contribution is 2.34. The molecule has 2 rings (SSSR count). The minimum absolute atomic E-state index is 0.380. The predicted molar refractivity (Wildman–Crippen MR) is 71.2 cm³/mol. The van der Waals surface area contributed by atoms with Crippen LogP contribution in [0.1, 0.15) is 24.8 Å². The monoisotopic (exact) mass is 294 g/mol. The molecule has 1 aromatic heterocycles. The van der Waals surface area contributed by atoms with Gasteiger partial charge in [-0.05, 0) is 24.5 Å². The van der Waals surface area contributed by atoms with Crippen molar-refractivity contribution in [2.45, 2.75) is 43.2 Å². The zero-order valence-electron chi connectivity index (χ0n) is 11.4. The van der Waals surface area contributed by atoms with Crippen LogP contribution in [0.4, 0.5) is 8.78 Å². The Morgan fingerprint density at radius 1 is 1.62 bits per heavy atom. The van der Waals surface area contributed by atoms with Gasteiger partial charge in [-0.3, -0.25) is 9.78 Å². The highest BCUT2D eigenvalue weighted by Gasteiger charge is 2.46. The van der Waals surface area contributed by atoms with E-state index in [1.807, 2.05) is 6.07 Å². The molecule has 1 heterocycles. The van der Waals surface area contributed by atoms with Gasteiger partial charge in [-0.1, -0.05) is 6.07 Å². The van der Waals surface area contributed by atoms with Crippen LogP contribution >= 0.6 is 0 Å². The van der Waals surface area contributed by atoms with Crippen molar-refractivity contribution in [1.29, 1.82) is 5.26 Å². The summed E-state index contributed by atoms with van der Waals surface area (Å²) in [6.07, 6.45) is 2.63. The number of nitrogens with one attached hydrogen (secondary N) is 1. The van der Waals surface area contributed by atoms with E-state index in [9.17, 15) is 13.6 Å². The molecular formula is C14H16F2N4O. The topological polar surface area (TPSA) is 91.8 Å². The zero-order chi connectivity index (χ0) is 15.5. The van der Waals surface area contributed by atoms with Gasteiger partial charge in [0, 0.05) is 25.2 Å². The lowest BCUT2D eigenvalue weighted by Gasteiger charge is -2.21. The number of hydrogen-bond acceptors (Lipinski definition) is 4. The minimum Gasteiger partial charge on any atom is -0.336 e. The summed E-state index contributed by atoms with van der Waals surface area (Å²) in [5.74, 6) is -3.82. The van der Waals surface area contributed by atoms with E-state index in [1.54, 1.807) is 12.1 Å². The molecular weight excluding hydrogens is 278 g/mol. The third kappa shape index (κ3) is 4.20. The normalized spacial score (nSPS) is 17.6. The van der Waals surface area contributed by atoms with Gasteiger partial charge in [0.2, 0.25) is 5.91 Å². The molecule has 0 aliphatic heterocycles. The Bertz CT molecular complexity index is 552. The number of carbonyl (C=O) groups is 1. The smallest absolute Gasteiger partial charge is 0.254 e. The van der Waals surface area contributed by atoms with Crippen molar-refractivity contribution < 1.29 is 13.6 Å². The van der Waals surface area contributed by atoms with Crippen LogP contribution in [-0.4, -0.2) is 28.4 Å². The van der Waals surface area contributed by atoms with E-state index < -0.39 is 36.3 Å². The second-order valence-electron chi connectivity index (χ2n) is 5.39. The van der Waals surface area contributed by atoms with Crippen LogP contribution in [-0.2, 0) is 11.2 Å². The third-order valence-corrected chi connectivity index (χ3v) is 3.37. The molecule has 7 heteroatoms. The molecule has 3 N–H and O–H groups in total. The van der Waals surface area contributed by atoms with Crippen molar-refractivity contribution in [2.24, 2.45) is 5.73 Å². The lowest BCUT2D eigenvalue weighted by molar-refractivity contribution is -0.125. The van der Waals surface area contributed by atoms with Crippen LogP contribution in [0.5, 0.6) is 0 Å². The van der Waals surface area contributed by atoms with Crippen LogP contribution in [0.25, 0.3) is 0 Å². The summed E-state index contributed by atoms with van der Waals surface area (Å²) in [5, 5.41) is 11.3. The van der Waals surface area contributed by atoms with E-state index in [0.717, 1.165) is 0 Å². The number of nitriles is 1. The maximum absolute atomic E-state index is 13.9. The van der Waals surface area contributed by atoms with Crippen molar-refractivity contribution in [1.82, 2.24) is 10.3 Å². The zero-order valence-corrected chi connectivity index (χ0v) is 11.4. The lowest BCUT2D eigenvalue weighted by atomic mass is 10.0. The summed E-state index contributed by atoms with van der Waals surface area (Å²) >= 11 is 0. The fraction of sp³-hybridized carbons (Fsp3) is 0.500. The van der Waals surface area contributed by atoms with Crippen molar-refractivity contribution in [3.63, 3.8) is 0 Å². The van der Waals surface area contributed by atoms with Gasteiger partial charge in [-0.15, -0.1) is 0 Å². The van der Waals surface area contributed by atoms with Gasteiger partial charge in [-0.2, -0.15) is 5.26 Å². The number of halogens is 2. The van der Waals surface area contributed by atoms with Crippen molar-refractivity contribution in [3.05, 3.63) is 30.1 Å². The number of hydrogen-bond donors (Lipinski definition) is 2. The van der Waals surface area contributed by atoms with Crippen LogP contribution in [0.3, 0.4) is 0 Å². The van der Waals surface area contributed by atoms with Gasteiger partial charge in [0.15, 0.2) is 0 Å². The SMILES string of the molecule is N#CC1(NC(=O)[C@@H](N)CC(F)(F)Cc2cccnc2)CC1. The Balaban J connectivity index is 1.90.